The van der Waals surface area contributed by atoms with Crippen molar-refractivity contribution in [2.24, 2.45) is 23.7 Å². The SMILES string of the molecule is COC(=O)NC(C(=O)N1C2CCC(C2)C1c1ncc(-c2ccc(-c3ccc(-c4ccc5nc(C6C7CCC(C7)N6C(=O)CC(C)C)[nH]c5c4)c4c3C3CCC4CC3)cc2)[nH]1)C(C)C. The van der Waals surface area contributed by atoms with Crippen LogP contribution in [0.15, 0.2) is 60.8 Å². The zero-order valence-corrected chi connectivity index (χ0v) is 37.3. The number of benzene rings is 3. The van der Waals surface area contributed by atoms with Gasteiger partial charge in [-0.25, -0.2) is 14.8 Å². The fraction of sp³-hybridized carbons (Fsp3) is 0.519. The van der Waals surface area contributed by atoms with Gasteiger partial charge >= 0.3 is 6.09 Å². The van der Waals surface area contributed by atoms with Crippen molar-refractivity contribution in [2.45, 2.75) is 140 Å². The summed E-state index contributed by atoms with van der Waals surface area (Å²) < 4.78 is 4.87. The van der Waals surface area contributed by atoms with E-state index in [0.29, 0.717) is 42.1 Å². The molecule has 3 aromatic carbocycles. The molecular formula is C52H61N7O4. The molecule has 11 nitrogen and oxygen atoms in total. The molecule has 12 rings (SSSR count). The van der Waals surface area contributed by atoms with Gasteiger partial charge < -0.3 is 29.8 Å². The molecule has 63 heavy (non-hydrogen) atoms. The standard InChI is InChI=1S/C52H61N7O4/c1-27(2)22-43(60)58-36-17-14-35(23-36)48(58)50-54-40-21-16-33(25-41(40)55-50)39-20-19-38(44-31-10-12-32(13-11-31)45(39)44)29-6-8-30(9-7-29)42-26-53-49(56-42)47-34-15-18-37(24-34)59(47)51(61)46(28(3)4)57-52(62)63-5/h6-9,16,19-21,25-28,31-32,34-37,46-48H,10-15,17-18,22-24H2,1-5H3,(H,53,56)(H,54,55)(H,57,62). The van der Waals surface area contributed by atoms with E-state index in [1.807, 2.05) is 24.9 Å². The van der Waals surface area contributed by atoms with Gasteiger partial charge in [0.15, 0.2) is 0 Å². The van der Waals surface area contributed by atoms with Crippen LogP contribution in [0.5, 0.6) is 0 Å². The molecule has 3 saturated carbocycles. The van der Waals surface area contributed by atoms with Gasteiger partial charge in [-0.3, -0.25) is 9.59 Å². The first-order valence-electron chi connectivity index (χ1n) is 23.8. The fourth-order valence-corrected chi connectivity index (χ4v) is 13.2. The summed E-state index contributed by atoms with van der Waals surface area (Å²) in [6.45, 7) is 8.17. The molecule has 328 valence electrons. The number of carbonyl (C=O) groups excluding carboxylic acids is 3. The third kappa shape index (κ3) is 6.78. The number of likely N-dealkylation sites (tertiary alicyclic amines) is 2. The highest BCUT2D eigenvalue weighted by atomic mass is 16.5. The van der Waals surface area contributed by atoms with Crippen molar-refractivity contribution >= 4 is 28.9 Å². The van der Waals surface area contributed by atoms with Crippen LogP contribution in [-0.4, -0.2) is 72.9 Å². The number of rotatable bonds is 10. The highest BCUT2D eigenvalue weighted by Gasteiger charge is 2.52. The minimum absolute atomic E-state index is 0.0413. The van der Waals surface area contributed by atoms with Crippen molar-refractivity contribution in [3.8, 4) is 33.5 Å². The number of aromatic nitrogens is 4. The molecule has 2 aromatic heterocycles. The summed E-state index contributed by atoms with van der Waals surface area (Å²) in [5.41, 5.74) is 12.2. The zero-order chi connectivity index (χ0) is 43.3. The van der Waals surface area contributed by atoms with E-state index in [4.69, 9.17) is 14.7 Å². The van der Waals surface area contributed by atoms with Gasteiger partial charge in [0.1, 0.15) is 17.7 Å². The molecule has 0 spiro atoms. The number of ether oxygens (including phenoxy) is 1. The maximum Gasteiger partial charge on any atom is 0.407 e. The zero-order valence-electron chi connectivity index (χ0n) is 37.3. The Morgan fingerprint density at radius 2 is 1.33 bits per heavy atom. The Kier molecular flexibility index (Phi) is 10.0. The van der Waals surface area contributed by atoms with E-state index in [1.54, 1.807) is 0 Å². The van der Waals surface area contributed by atoms with Crippen LogP contribution in [0.3, 0.4) is 0 Å². The Hall–Kier alpha value is -5.45. The molecule has 2 saturated heterocycles. The Labute approximate surface area is 370 Å². The molecule has 7 unspecified atom stereocenters. The van der Waals surface area contributed by atoms with E-state index in [0.717, 1.165) is 66.0 Å². The van der Waals surface area contributed by atoms with Crippen molar-refractivity contribution in [3.05, 3.63) is 83.6 Å². The molecule has 5 aliphatic carbocycles. The number of fused-ring (bicyclic) bond motifs is 7. The van der Waals surface area contributed by atoms with Gasteiger partial charge in [-0.15, -0.1) is 0 Å². The first-order valence-corrected chi connectivity index (χ1v) is 23.8. The number of nitrogens with one attached hydrogen (secondary N) is 3. The van der Waals surface area contributed by atoms with Gasteiger partial charge in [-0.1, -0.05) is 70.2 Å². The van der Waals surface area contributed by atoms with Crippen molar-refractivity contribution in [2.75, 3.05) is 7.11 Å². The topological polar surface area (TPSA) is 136 Å². The molecule has 6 bridgehead atoms. The molecule has 2 aliphatic heterocycles. The van der Waals surface area contributed by atoms with Crippen LogP contribution in [0.25, 0.3) is 44.5 Å². The van der Waals surface area contributed by atoms with Gasteiger partial charge in [0, 0.05) is 18.5 Å². The maximum absolute atomic E-state index is 14.1. The number of nitrogens with zero attached hydrogens (tertiary/aromatic N) is 4. The van der Waals surface area contributed by atoms with Gasteiger partial charge in [0.05, 0.1) is 42.1 Å². The number of amides is 3. The van der Waals surface area contributed by atoms with Crippen molar-refractivity contribution < 1.29 is 19.1 Å². The summed E-state index contributed by atoms with van der Waals surface area (Å²) in [6, 6.07) is 20.1. The molecular weight excluding hydrogens is 787 g/mol. The maximum atomic E-state index is 14.1. The van der Waals surface area contributed by atoms with Crippen LogP contribution >= 0.6 is 0 Å². The number of hydrogen-bond acceptors (Lipinski definition) is 6. The second-order valence-corrected chi connectivity index (χ2v) is 20.5. The normalized spacial score (nSPS) is 27.2. The second kappa shape index (κ2) is 15.7. The summed E-state index contributed by atoms with van der Waals surface area (Å²) in [5.74, 6) is 4.13. The smallest absolute Gasteiger partial charge is 0.407 e. The van der Waals surface area contributed by atoms with Gasteiger partial charge in [0.25, 0.3) is 0 Å². The average Bonchev–Trinajstić information content (AvgIpc) is 4.17. The predicted octanol–water partition coefficient (Wildman–Crippen LogP) is 10.6. The van der Waals surface area contributed by atoms with E-state index < -0.39 is 12.1 Å². The summed E-state index contributed by atoms with van der Waals surface area (Å²) in [4.78, 5) is 61.4. The molecule has 7 aliphatic rings. The van der Waals surface area contributed by atoms with Crippen LogP contribution in [0, 0.1) is 23.7 Å². The number of hydrogen-bond donors (Lipinski definition) is 3. The summed E-state index contributed by atoms with van der Waals surface area (Å²) in [5, 5.41) is 2.79. The van der Waals surface area contributed by atoms with Crippen LogP contribution < -0.4 is 5.32 Å². The molecule has 3 amide bonds. The Morgan fingerprint density at radius 1 is 0.730 bits per heavy atom. The number of imidazole rings is 2. The number of aromatic amines is 2. The number of methoxy groups -OCH3 is 1. The second-order valence-electron chi connectivity index (χ2n) is 20.5. The lowest BCUT2D eigenvalue weighted by atomic mass is 9.63. The van der Waals surface area contributed by atoms with E-state index in [1.165, 1.54) is 72.6 Å². The molecule has 5 aromatic rings. The van der Waals surface area contributed by atoms with E-state index >= 15 is 0 Å². The summed E-state index contributed by atoms with van der Waals surface area (Å²) in [7, 11) is 1.33. The van der Waals surface area contributed by atoms with Gasteiger partial charge in [-0.2, -0.15) is 0 Å². The lowest BCUT2D eigenvalue weighted by Gasteiger charge is -2.41. The molecule has 0 radical (unpaired) electrons. The van der Waals surface area contributed by atoms with Crippen LogP contribution in [0.1, 0.15) is 145 Å². The number of H-pyrrole nitrogens is 2. The third-order valence-electron chi connectivity index (χ3n) is 16.0. The van der Waals surface area contributed by atoms with Gasteiger partial charge in [-0.05, 0) is 151 Å². The number of piperidine rings is 2. The lowest BCUT2D eigenvalue weighted by molar-refractivity contribution is -0.139. The minimum Gasteiger partial charge on any atom is -0.453 e. The summed E-state index contributed by atoms with van der Waals surface area (Å²) in [6.07, 6.45) is 13.2. The molecule has 4 heterocycles. The molecule has 5 fully saturated rings. The highest BCUT2D eigenvalue weighted by Crippen LogP contribution is 2.56. The minimum atomic E-state index is -0.666. The van der Waals surface area contributed by atoms with Crippen LogP contribution in [0.2, 0.25) is 0 Å². The Morgan fingerprint density at radius 3 is 1.97 bits per heavy atom. The first-order chi connectivity index (χ1) is 30.5. The quantitative estimate of drug-likeness (QED) is 0.128. The molecule has 11 heteroatoms. The monoisotopic (exact) mass is 847 g/mol. The first kappa shape index (κ1) is 40.3. The van der Waals surface area contributed by atoms with E-state index in [9.17, 15) is 14.4 Å². The van der Waals surface area contributed by atoms with E-state index in [-0.39, 0.29) is 35.9 Å². The third-order valence-corrected chi connectivity index (χ3v) is 16.0. The predicted molar refractivity (Wildman–Crippen MR) is 244 cm³/mol. The Balaban J connectivity index is 0.870. The largest absolute Gasteiger partial charge is 0.453 e. The molecule has 7 atom stereocenters. The summed E-state index contributed by atoms with van der Waals surface area (Å²) >= 11 is 0. The van der Waals surface area contributed by atoms with Crippen molar-refractivity contribution in [1.82, 2.24) is 35.1 Å². The van der Waals surface area contributed by atoms with Crippen LogP contribution in [0.4, 0.5) is 4.79 Å². The van der Waals surface area contributed by atoms with E-state index in [2.05, 4.69) is 88.6 Å². The Bertz CT molecular complexity index is 2580. The van der Waals surface area contributed by atoms with Gasteiger partial charge in [0.2, 0.25) is 11.8 Å². The lowest BCUT2D eigenvalue weighted by Crippen LogP contribution is -2.54. The molecule has 3 N–H and O–H groups in total. The number of alkyl carbamates (subject to hydrolysis) is 1. The van der Waals surface area contributed by atoms with Crippen LogP contribution in [-0.2, 0) is 14.3 Å². The number of carbonyl (C=O) groups is 3. The highest BCUT2D eigenvalue weighted by molar-refractivity contribution is 5.88. The van der Waals surface area contributed by atoms with Crippen molar-refractivity contribution in [1.29, 1.82) is 0 Å². The van der Waals surface area contributed by atoms with Crippen molar-refractivity contribution in [3.63, 3.8) is 0 Å². The average molecular weight is 848 g/mol. The fourth-order valence-electron chi connectivity index (χ4n) is 13.2.